The van der Waals surface area contributed by atoms with Crippen LogP contribution in [-0.2, 0) is 6.42 Å². The van der Waals surface area contributed by atoms with Crippen LogP contribution in [0.4, 0.5) is 0 Å². The molecule has 0 amide bonds. The van der Waals surface area contributed by atoms with E-state index < -0.39 is 0 Å². The summed E-state index contributed by atoms with van der Waals surface area (Å²) in [4.78, 5) is 1.82. The molecule has 18 heavy (non-hydrogen) atoms. The molecule has 3 N–H and O–H groups in total. The Morgan fingerprint density at radius 3 is 2.44 bits per heavy atom. The van der Waals surface area contributed by atoms with Crippen molar-refractivity contribution >= 4 is 0 Å². The van der Waals surface area contributed by atoms with Crippen LogP contribution in [-0.4, -0.2) is 31.7 Å². The van der Waals surface area contributed by atoms with Crippen LogP contribution in [0, 0.1) is 0 Å². The van der Waals surface area contributed by atoms with E-state index in [1.54, 1.807) is 0 Å². The minimum absolute atomic E-state index is 0.898. The van der Waals surface area contributed by atoms with Crippen molar-refractivity contribution in [2.45, 2.75) is 50.2 Å². The smallest absolute Gasteiger partial charge is 0.0973 e. The average Bonchev–Trinajstić information content (AvgIpc) is 2.64. The topological polar surface area (TPSA) is 21.1 Å². The third kappa shape index (κ3) is 2.60. The van der Waals surface area contributed by atoms with Crippen LogP contribution in [0.5, 0.6) is 0 Å². The fraction of sp³-hybridized carbons (Fsp3) is 0.625. The van der Waals surface area contributed by atoms with E-state index in [9.17, 15) is 0 Å². The maximum absolute atomic E-state index is 2.62. The molecule has 0 saturated carbocycles. The van der Waals surface area contributed by atoms with Gasteiger partial charge in [0.05, 0.1) is 44.6 Å². The van der Waals surface area contributed by atoms with Crippen molar-refractivity contribution < 1.29 is 10.2 Å². The van der Waals surface area contributed by atoms with Gasteiger partial charge in [0.25, 0.3) is 0 Å². The van der Waals surface area contributed by atoms with Crippen LogP contribution < -0.4 is 10.2 Å². The van der Waals surface area contributed by atoms with Gasteiger partial charge in [0.2, 0.25) is 0 Å². The molecule has 2 aliphatic rings. The maximum Gasteiger partial charge on any atom is 0.0973 e. The highest BCUT2D eigenvalue weighted by atomic mass is 15.2. The Hall–Kier alpha value is -0.860. The second-order valence-electron chi connectivity index (χ2n) is 6.21. The van der Waals surface area contributed by atoms with E-state index in [1.165, 1.54) is 44.2 Å². The molecule has 2 aliphatic heterocycles. The lowest BCUT2D eigenvalue weighted by atomic mass is 9.98. The summed E-state index contributed by atoms with van der Waals surface area (Å²) in [6.45, 7) is 1.26. The normalized spacial score (nSPS) is 34.7. The van der Waals surface area contributed by atoms with Gasteiger partial charge >= 0.3 is 0 Å². The number of piperidine rings is 1. The third-order valence-corrected chi connectivity index (χ3v) is 5.10. The molecule has 2 unspecified atom stereocenters. The van der Waals surface area contributed by atoms with Gasteiger partial charge in [0.1, 0.15) is 0 Å². The summed E-state index contributed by atoms with van der Waals surface area (Å²) in [6.07, 6.45) is 7.04. The molecule has 2 fully saturated rings. The Balaban J connectivity index is 1.45. The zero-order chi connectivity index (χ0) is 12.4. The van der Waals surface area contributed by atoms with Gasteiger partial charge in [-0.15, -0.1) is 0 Å². The fourth-order valence-corrected chi connectivity index (χ4v) is 3.95. The largest absolute Gasteiger partial charge is 0.343 e. The van der Waals surface area contributed by atoms with Crippen molar-refractivity contribution in [3.63, 3.8) is 0 Å². The Bertz CT molecular complexity index is 362. The van der Waals surface area contributed by atoms with Crippen molar-refractivity contribution in [1.29, 1.82) is 0 Å². The molecule has 0 aromatic heterocycles. The number of benzene rings is 1. The first-order valence-corrected chi connectivity index (χ1v) is 7.53. The van der Waals surface area contributed by atoms with E-state index in [-0.39, 0.29) is 0 Å². The predicted octanol–water partition coefficient (Wildman–Crippen LogP) is 0.000600. The van der Waals surface area contributed by atoms with E-state index in [2.05, 4.69) is 42.7 Å². The van der Waals surface area contributed by atoms with Gasteiger partial charge in [-0.25, -0.2) is 0 Å². The number of hydrogen-bond acceptors (Lipinski definition) is 0. The first-order chi connectivity index (χ1) is 8.83. The van der Waals surface area contributed by atoms with Crippen LogP contribution in [0.25, 0.3) is 0 Å². The molecule has 2 atom stereocenters. The van der Waals surface area contributed by atoms with E-state index in [4.69, 9.17) is 0 Å². The van der Waals surface area contributed by atoms with Crippen molar-refractivity contribution in [3.05, 3.63) is 35.9 Å². The van der Waals surface area contributed by atoms with E-state index in [0.717, 1.165) is 18.1 Å². The molecule has 1 aromatic carbocycles. The predicted molar refractivity (Wildman–Crippen MR) is 73.7 cm³/mol. The minimum atomic E-state index is 0.898. The number of nitrogens with two attached hydrogens (primary N) is 1. The molecule has 3 rings (SSSR count). The number of hydrogen-bond donors (Lipinski definition) is 2. The Morgan fingerprint density at radius 2 is 1.78 bits per heavy atom. The van der Waals surface area contributed by atoms with Gasteiger partial charge in [-0.2, -0.15) is 0 Å². The molecule has 0 aliphatic carbocycles. The van der Waals surface area contributed by atoms with Crippen LogP contribution >= 0.6 is 0 Å². The van der Waals surface area contributed by atoms with Gasteiger partial charge < -0.3 is 10.2 Å². The van der Waals surface area contributed by atoms with Crippen LogP contribution in [0.15, 0.2) is 30.3 Å². The van der Waals surface area contributed by atoms with E-state index in [0.29, 0.717) is 0 Å². The fourth-order valence-electron chi connectivity index (χ4n) is 3.95. The summed E-state index contributed by atoms with van der Waals surface area (Å²) in [6, 6.07) is 13.7. The molecule has 2 heteroatoms. The minimum Gasteiger partial charge on any atom is -0.343 e. The number of quaternary nitrogens is 2. The van der Waals surface area contributed by atoms with E-state index in [1.807, 2.05) is 4.90 Å². The molecule has 2 bridgehead atoms. The summed E-state index contributed by atoms with van der Waals surface area (Å²) in [7, 11) is 2.41. The van der Waals surface area contributed by atoms with E-state index >= 15 is 0 Å². The highest BCUT2D eigenvalue weighted by Gasteiger charge is 2.43. The number of fused-ring (bicyclic) bond motifs is 2. The van der Waals surface area contributed by atoms with Crippen molar-refractivity contribution in [1.82, 2.24) is 0 Å². The van der Waals surface area contributed by atoms with Crippen LogP contribution in [0.1, 0.15) is 31.2 Å². The van der Waals surface area contributed by atoms with Crippen molar-refractivity contribution in [2.75, 3.05) is 13.6 Å². The average molecular weight is 246 g/mol. The Labute approximate surface area is 110 Å². The second-order valence-corrected chi connectivity index (χ2v) is 6.21. The second kappa shape index (κ2) is 5.41. The lowest BCUT2D eigenvalue weighted by Crippen LogP contribution is -3.17. The zero-order valence-electron chi connectivity index (χ0n) is 11.4. The van der Waals surface area contributed by atoms with Gasteiger partial charge in [-0.1, -0.05) is 30.3 Å². The monoisotopic (exact) mass is 246 g/mol. The number of rotatable bonds is 4. The zero-order valence-corrected chi connectivity index (χ0v) is 11.4. The lowest BCUT2D eigenvalue weighted by Gasteiger charge is -2.32. The molecule has 1 aromatic rings. The summed E-state index contributed by atoms with van der Waals surface area (Å²) in [5, 5.41) is 2.62. The SMILES string of the molecule is C[NH+]1C2CCC1CC([NH2+]CCc1ccccc1)C2. The van der Waals surface area contributed by atoms with Crippen LogP contribution in [0.2, 0.25) is 0 Å². The van der Waals surface area contributed by atoms with Crippen molar-refractivity contribution in [2.24, 2.45) is 0 Å². The lowest BCUT2D eigenvalue weighted by molar-refractivity contribution is -0.930. The summed E-state index contributed by atoms with van der Waals surface area (Å²) < 4.78 is 0. The quantitative estimate of drug-likeness (QED) is 0.746. The number of nitrogens with one attached hydrogen (secondary N) is 1. The molecular formula is C16H26N2+2. The van der Waals surface area contributed by atoms with Gasteiger partial charge in [-0.05, 0) is 5.56 Å². The third-order valence-electron chi connectivity index (χ3n) is 5.10. The maximum atomic E-state index is 2.62. The molecule has 2 heterocycles. The molecular weight excluding hydrogens is 220 g/mol. The first kappa shape index (κ1) is 12.2. The Morgan fingerprint density at radius 1 is 1.11 bits per heavy atom. The van der Waals surface area contributed by atoms with Gasteiger partial charge in [0, 0.05) is 19.3 Å². The molecule has 2 nitrogen and oxygen atoms in total. The highest BCUT2D eigenvalue weighted by molar-refractivity contribution is 5.14. The van der Waals surface area contributed by atoms with Gasteiger partial charge in [-0.3, -0.25) is 0 Å². The van der Waals surface area contributed by atoms with Gasteiger partial charge in [0.15, 0.2) is 0 Å². The molecule has 0 spiro atoms. The standard InChI is InChI=1S/C16H24N2/c1-18-15-7-8-16(18)12-14(11-15)17-10-9-13-5-3-2-4-6-13/h2-6,14-17H,7-12H2,1H3/p+2. The first-order valence-electron chi connectivity index (χ1n) is 7.53. The highest BCUT2D eigenvalue weighted by Crippen LogP contribution is 2.20. The summed E-state index contributed by atoms with van der Waals surface area (Å²) in [5.74, 6) is 0. The molecule has 98 valence electrons. The Kier molecular flexibility index (Phi) is 3.67. The van der Waals surface area contributed by atoms with Crippen molar-refractivity contribution in [3.8, 4) is 0 Å². The summed E-state index contributed by atoms with van der Waals surface area (Å²) in [5.41, 5.74) is 1.48. The molecule has 2 saturated heterocycles. The van der Waals surface area contributed by atoms with Crippen LogP contribution in [0.3, 0.4) is 0 Å². The molecule has 0 radical (unpaired) electrons. The summed E-state index contributed by atoms with van der Waals surface area (Å²) >= 11 is 0.